The smallest absolute Gasteiger partial charge is 0.341 e. The third kappa shape index (κ3) is 4.98. The fraction of sp³-hybridized carbons (Fsp3) is 0.0938. The molecule has 0 saturated heterocycles. The lowest BCUT2D eigenvalue weighted by Gasteiger charge is -2.04. The highest BCUT2D eigenvalue weighted by Crippen LogP contribution is 2.31. The first-order valence-corrected chi connectivity index (χ1v) is 12.2. The van der Waals surface area contributed by atoms with Crippen LogP contribution in [-0.4, -0.2) is 22.0 Å². The minimum atomic E-state index is -0.545. The molecule has 0 N–H and O–H groups in total. The van der Waals surface area contributed by atoms with Crippen LogP contribution in [0.3, 0.4) is 0 Å². The second-order valence-electron chi connectivity index (χ2n) is 8.73. The lowest BCUT2D eigenvalue weighted by Crippen LogP contribution is -2.01. The number of benzene rings is 4. The fourth-order valence-electron chi connectivity index (χ4n) is 4.49. The van der Waals surface area contributed by atoms with Crippen molar-refractivity contribution in [2.75, 3.05) is 0 Å². The Bertz CT molecular complexity index is 1660. The second kappa shape index (κ2) is 10.5. The van der Waals surface area contributed by atoms with Crippen LogP contribution in [0.25, 0.3) is 27.9 Å². The highest BCUT2D eigenvalue weighted by molar-refractivity contribution is 6.16. The lowest BCUT2D eigenvalue weighted by atomic mass is 10.0. The van der Waals surface area contributed by atoms with Crippen molar-refractivity contribution < 1.29 is 14.4 Å². The molecule has 0 saturated carbocycles. The fourth-order valence-corrected chi connectivity index (χ4v) is 4.49. The summed E-state index contributed by atoms with van der Waals surface area (Å²) in [6.07, 6.45) is 3.04. The van der Waals surface area contributed by atoms with Crippen molar-refractivity contribution in [1.29, 1.82) is 0 Å². The molecule has 5 aromatic rings. The Morgan fingerprint density at radius 2 is 1.38 bits per heavy atom. The molecule has 0 atom stereocenters. The maximum atomic E-state index is 13.1. The van der Waals surface area contributed by atoms with Crippen LogP contribution < -0.4 is 0 Å². The largest absolute Gasteiger partial charge is 0.358 e. The van der Waals surface area contributed by atoms with E-state index in [-0.39, 0.29) is 5.78 Å². The topological polar surface area (TPSA) is 60.7 Å². The van der Waals surface area contributed by atoms with E-state index in [9.17, 15) is 9.59 Å². The van der Waals surface area contributed by atoms with Gasteiger partial charge in [-0.05, 0) is 61.4 Å². The summed E-state index contributed by atoms with van der Waals surface area (Å²) >= 11 is 0. The number of hydrogen-bond acceptors (Lipinski definition) is 4. The highest BCUT2D eigenvalue weighted by atomic mass is 16.7. The molecule has 0 aliphatic heterocycles. The van der Waals surface area contributed by atoms with E-state index >= 15 is 0 Å². The van der Waals surface area contributed by atoms with Crippen LogP contribution in [0, 0.1) is 0 Å². The molecule has 1 aromatic heterocycles. The molecule has 1 heterocycles. The summed E-state index contributed by atoms with van der Waals surface area (Å²) in [4.78, 5) is 30.4. The molecule has 182 valence electrons. The Morgan fingerprint density at radius 3 is 2.03 bits per heavy atom. The summed E-state index contributed by atoms with van der Waals surface area (Å²) in [7, 11) is 0. The molecule has 5 rings (SSSR count). The van der Waals surface area contributed by atoms with E-state index in [1.54, 1.807) is 13.0 Å². The van der Waals surface area contributed by atoms with E-state index in [0.717, 1.165) is 39.5 Å². The Morgan fingerprint density at radius 1 is 0.784 bits per heavy atom. The van der Waals surface area contributed by atoms with Crippen LogP contribution in [0.4, 0.5) is 0 Å². The number of ketones is 1. The van der Waals surface area contributed by atoms with Crippen molar-refractivity contribution in [3.63, 3.8) is 0 Å². The Hall–Kier alpha value is -4.77. The van der Waals surface area contributed by atoms with Crippen molar-refractivity contribution in [1.82, 2.24) is 4.57 Å². The first-order chi connectivity index (χ1) is 18.0. The third-order valence-electron chi connectivity index (χ3n) is 6.38. The Balaban J connectivity index is 1.46. The molecule has 0 bridgehead atoms. The van der Waals surface area contributed by atoms with E-state index in [4.69, 9.17) is 4.84 Å². The van der Waals surface area contributed by atoms with Gasteiger partial charge in [-0.25, -0.2) is 4.79 Å². The molecule has 0 radical (unpaired) electrons. The maximum Gasteiger partial charge on any atom is 0.358 e. The third-order valence-corrected chi connectivity index (χ3v) is 6.38. The van der Waals surface area contributed by atoms with Crippen molar-refractivity contribution >= 4 is 45.3 Å². The SMILES string of the molecule is CCn1c2ccc(C(=O)c3ccccc3)cc2c2cc(C(C)=NOC(=O)C=Cc3ccccc3)ccc21. The molecule has 0 aliphatic carbocycles. The van der Waals surface area contributed by atoms with Gasteiger partial charge in [-0.2, -0.15) is 0 Å². The van der Waals surface area contributed by atoms with Gasteiger partial charge in [-0.3, -0.25) is 4.79 Å². The van der Waals surface area contributed by atoms with Gasteiger partial charge in [-0.1, -0.05) is 71.9 Å². The molecule has 4 aromatic carbocycles. The van der Waals surface area contributed by atoms with E-state index < -0.39 is 5.97 Å². The van der Waals surface area contributed by atoms with Gasteiger partial charge >= 0.3 is 5.97 Å². The quantitative estimate of drug-likeness (QED) is 0.0816. The first-order valence-electron chi connectivity index (χ1n) is 12.2. The molecule has 0 unspecified atom stereocenters. The summed E-state index contributed by atoms with van der Waals surface area (Å²) < 4.78 is 2.23. The molecular formula is C32H26N2O3. The van der Waals surface area contributed by atoms with E-state index in [0.29, 0.717) is 16.8 Å². The van der Waals surface area contributed by atoms with E-state index in [1.807, 2.05) is 97.1 Å². The minimum Gasteiger partial charge on any atom is -0.341 e. The highest BCUT2D eigenvalue weighted by Gasteiger charge is 2.15. The Labute approximate surface area is 215 Å². The number of aryl methyl sites for hydroxylation is 1. The number of carbonyl (C=O) groups excluding carboxylic acids is 2. The second-order valence-corrected chi connectivity index (χ2v) is 8.73. The van der Waals surface area contributed by atoms with Gasteiger partial charge in [0.1, 0.15) is 0 Å². The number of fused-ring (bicyclic) bond motifs is 3. The van der Waals surface area contributed by atoms with Gasteiger partial charge < -0.3 is 9.40 Å². The summed E-state index contributed by atoms with van der Waals surface area (Å²) in [6.45, 7) is 4.70. The average molecular weight is 487 g/mol. The summed E-state index contributed by atoms with van der Waals surface area (Å²) in [5.74, 6) is -0.555. The van der Waals surface area contributed by atoms with Crippen molar-refractivity contribution in [3.05, 3.63) is 125 Å². The van der Waals surface area contributed by atoms with Crippen LogP contribution in [-0.2, 0) is 16.2 Å². The lowest BCUT2D eigenvalue weighted by molar-refractivity contribution is -0.137. The van der Waals surface area contributed by atoms with Gasteiger partial charge in [0.15, 0.2) is 5.78 Å². The molecular weight excluding hydrogens is 460 g/mol. The van der Waals surface area contributed by atoms with Crippen LogP contribution in [0.5, 0.6) is 0 Å². The summed E-state index contributed by atoms with van der Waals surface area (Å²) in [5.41, 5.74) is 5.76. The molecule has 5 heteroatoms. The van der Waals surface area contributed by atoms with Crippen LogP contribution in [0.1, 0.15) is 40.9 Å². The van der Waals surface area contributed by atoms with Crippen LogP contribution in [0.2, 0.25) is 0 Å². The van der Waals surface area contributed by atoms with Crippen LogP contribution in [0.15, 0.2) is 108 Å². The minimum absolute atomic E-state index is 0.00994. The molecule has 0 amide bonds. The van der Waals surface area contributed by atoms with Crippen molar-refractivity contribution in [3.8, 4) is 0 Å². The normalized spacial score (nSPS) is 11.9. The van der Waals surface area contributed by atoms with Crippen LogP contribution >= 0.6 is 0 Å². The van der Waals surface area contributed by atoms with E-state index in [2.05, 4.69) is 16.6 Å². The molecule has 0 spiro atoms. The number of rotatable bonds is 7. The summed E-state index contributed by atoms with van der Waals surface area (Å²) in [5, 5.41) is 6.07. The van der Waals surface area contributed by atoms with Gasteiger partial charge in [0.2, 0.25) is 0 Å². The molecule has 0 aliphatic rings. The predicted octanol–water partition coefficient (Wildman–Crippen LogP) is 7.03. The number of aromatic nitrogens is 1. The van der Waals surface area contributed by atoms with Crippen molar-refractivity contribution in [2.24, 2.45) is 5.16 Å². The van der Waals surface area contributed by atoms with Gasteiger partial charge in [0.05, 0.1) is 5.71 Å². The number of nitrogens with zero attached hydrogens (tertiary/aromatic N) is 2. The standard InChI is InChI=1S/C32H26N2O3/c1-3-34-29-17-15-25(22(2)33-37-31(35)19-14-23-10-6-4-7-11-23)20-27(29)28-21-26(16-18-30(28)34)32(36)24-12-8-5-9-13-24/h4-21H,3H2,1-2H3. The van der Waals surface area contributed by atoms with E-state index in [1.165, 1.54) is 6.08 Å². The summed E-state index contributed by atoms with van der Waals surface area (Å²) in [6, 6.07) is 30.7. The van der Waals surface area contributed by atoms with Gasteiger partial charge in [0.25, 0.3) is 0 Å². The van der Waals surface area contributed by atoms with Crippen molar-refractivity contribution in [2.45, 2.75) is 20.4 Å². The predicted molar refractivity (Wildman–Crippen MR) is 149 cm³/mol. The zero-order valence-electron chi connectivity index (χ0n) is 20.7. The molecule has 37 heavy (non-hydrogen) atoms. The zero-order chi connectivity index (χ0) is 25.8. The van der Waals surface area contributed by atoms with Gasteiger partial charge in [0, 0.05) is 45.6 Å². The Kier molecular flexibility index (Phi) is 6.77. The number of carbonyl (C=O) groups is 2. The maximum absolute atomic E-state index is 13.1. The molecule has 0 fully saturated rings. The average Bonchev–Trinajstić information content (AvgIpc) is 3.27. The monoisotopic (exact) mass is 486 g/mol. The zero-order valence-corrected chi connectivity index (χ0v) is 20.7. The number of hydrogen-bond donors (Lipinski definition) is 0. The first kappa shape index (κ1) is 23.9. The molecule has 5 nitrogen and oxygen atoms in total. The number of oxime groups is 1. The van der Waals surface area contributed by atoms with Gasteiger partial charge in [-0.15, -0.1) is 0 Å².